The van der Waals surface area contributed by atoms with Gasteiger partial charge in [0.2, 0.25) is 5.91 Å². The van der Waals surface area contributed by atoms with E-state index in [9.17, 15) is 22.8 Å². The zero-order valence-corrected chi connectivity index (χ0v) is 12.6. The lowest BCUT2D eigenvalue weighted by atomic mass is 9.89. The van der Waals surface area contributed by atoms with Crippen LogP contribution in [0, 0.1) is 5.41 Å². The molecule has 1 unspecified atom stereocenters. The summed E-state index contributed by atoms with van der Waals surface area (Å²) in [6, 6.07) is 0.635. The Morgan fingerprint density at radius 3 is 2.52 bits per heavy atom. The summed E-state index contributed by atoms with van der Waals surface area (Å²) in [6.07, 6.45) is -2.78. The summed E-state index contributed by atoms with van der Waals surface area (Å²) < 4.78 is 39.8. The second-order valence-corrected chi connectivity index (χ2v) is 6.49. The topological polar surface area (TPSA) is 81.2 Å². The van der Waals surface area contributed by atoms with Gasteiger partial charge in [0.1, 0.15) is 5.69 Å². The number of carbonyl (C=O) groups excluding carboxylic acids is 2. The molecule has 3 rings (SSSR count). The number of aromatic nitrogens is 2. The molecular weight excluding hydrogens is 313 g/mol. The van der Waals surface area contributed by atoms with Crippen LogP contribution >= 0.6 is 0 Å². The molecule has 2 aliphatic rings. The number of amides is 2. The third-order valence-corrected chi connectivity index (χ3v) is 4.49. The van der Waals surface area contributed by atoms with E-state index in [1.807, 2.05) is 0 Å². The van der Waals surface area contributed by atoms with Crippen molar-refractivity contribution in [3.63, 3.8) is 0 Å². The van der Waals surface area contributed by atoms with Crippen molar-refractivity contribution >= 4 is 11.8 Å². The normalized spacial score (nSPS) is 25.0. The highest BCUT2D eigenvalue weighted by molar-refractivity contribution is 5.94. The Labute approximate surface area is 130 Å². The van der Waals surface area contributed by atoms with Gasteiger partial charge >= 0.3 is 6.18 Å². The molecule has 1 aromatic heterocycles. The summed E-state index contributed by atoms with van der Waals surface area (Å²) in [6.45, 7) is 2.05. The van der Waals surface area contributed by atoms with Gasteiger partial charge in [0.15, 0.2) is 5.69 Å². The van der Waals surface area contributed by atoms with Crippen molar-refractivity contribution in [3.05, 3.63) is 17.5 Å². The molecule has 0 radical (unpaired) electrons. The number of rotatable bonds is 3. The lowest BCUT2D eigenvalue weighted by Crippen LogP contribution is -2.39. The lowest BCUT2D eigenvalue weighted by molar-refractivity contribution is -0.141. The molecule has 1 aliphatic heterocycles. The summed E-state index contributed by atoms with van der Waals surface area (Å²) in [7, 11) is 0. The van der Waals surface area contributed by atoms with Crippen molar-refractivity contribution in [1.82, 2.24) is 14.7 Å². The van der Waals surface area contributed by atoms with Gasteiger partial charge in [0.25, 0.3) is 5.91 Å². The monoisotopic (exact) mass is 330 g/mol. The van der Waals surface area contributed by atoms with Crippen molar-refractivity contribution in [3.8, 4) is 0 Å². The highest BCUT2D eigenvalue weighted by Crippen LogP contribution is 2.39. The molecule has 0 bridgehead atoms. The summed E-state index contributed by atoms with van der Waals surface area (Å²) in [5.74, 6) is -1.05. The van der Waals surface area contributed by atoms with E-state index in [-0.39, 0.29) is 24.8 Å². The van der Waals surface area contributed by atoms with Gasteiger partial charge in [-0.3, -0.25) is 14.3 Å². The van der Waals surface area contributed by atoms with Crippen molar-refractivity contribution in [1.29, 1.82) is 0 Å². The van der Waals surface area contributed by atoms with Crippen molar-refractivity contribution < 1.29 is 22.8 Å². The van der Waals surface area contributed by atoms with Crippen LogP contribution in [0.15, 0.2) is 6.07 Å². The van der Waals surface area contributed by atoms with Crippen LogP contribution < -0.4 is 5.73 Å². The van der Waals surface area contributed by atoms with Crippen LogP contribution in [0.1, 0.15) is 48.4 Å². The average molecular weight is 330 g/mol. The first-order valence-corrected chi connectivity index (χ1v) is 7.38. The molecular formula is C14H17F3N4O2. The van der Waals surface area contributed by atoms with Crippen molar-refractivity contribution in [2.45, 2.75) is 38.4 Å². The predicted octanol–water partition coefficient (Wildman–Crippen LogP) is 1.57. The number of carbonyl (C=O) groups is 2. The minimum atomic E-state index is -4.60. The van der Waals surface area contributed by atoms with E-state index < -0.39 is 29.1 Å². The zero-order chi connectivity index (χ0) is 17.0. The van der Waals surface area contributed by atoms with E-state index in [1.165, 1.54) is 9.58 Å². The first kappa shape index (κ1) is 15.8. The van der Waals surface area contributed by atoms with Crippen molar-refractivity contribution in [2.24, 2.45) is 11.1 Å². The first-order valence-electron chi connectivity index (χ1n) is 7.38. The van der Waals surface area contributed by atoms with E-state index in [0.717, 1.165) is 6.07 Å². The fraction of sp³-hybridized carbons (Fsp3) is 0.643. The Morgan fingerprint density at radius 1 is 1.39 bits per heavy atom. The average Bonchev–Trinajstić information content (AvgIpc) is 3.05. The van der Waals surface area contributed by atoms with Gasteiger partial charge in [-0.05, 0) is 26.2 Å². The summed E-state index contributed by atoms with van der Waals surface area (Å²) >= 11 is 0. The third-order valence-electron chi connectivity index (χ3n) is 4.49. The molecule has 2 amide bonds. The molecule has 1 saturated carbocycles. The molecule has 2 heterocycles. The number of halogens is 3. The molecule has 2 N–H and O–H groups in total. The first-order chi connectivity index (χ1) is 10.6. The fourth-order valence-corrected chi connectivity index (χ4v) is 2.79. The standard InChI is InChI=1S/C14H17F3N4O2/c1-13(12(18)23)4-5-20(7-13)11(22)9-6-10(14(15,16)17)19-21(9)8-2-3-8/h6,8H,2-5,7H2,1H3,(H2,18,23). The van der Waals surface area contributed by atoms with E-state index in [0.29, 0.717) is 19.3 Å². The van der Waals surface area contributed by atoms with Gasteiger partial charge < -0.3 is 10.6 Å². The van der Waals surface area contributed by atoms with Crippen LogP contribution in [0.4, 0.5) is 13.2 Å². The Morgan fingerprint density at radius 2 is 2.04 bits per heavy atom. The minimum absolute atomic E-state index is 0.0754. The van der Waals surface area contributed by atoms with Crippen LogP contribution in [0.2, 0.25) is 0 Å². The minimum Gasteiger partial charge on any atom is -0.369 e. The molecule has 0 spiro atoms. The molecule has 9 heteroatoms. The lowest BCUT2D eigenvalue weighted by Gasteiger charge is -2.21. The maximum absolute atomic E-state index is 12.9. The van der Waals surface area contributed by atoms with Crippen LogP contribution in [0.3, 0.4) is 0 Å². The van der Waals surface area contributed by atoms with Gasteiger partial charge in [-0.15, -0.1) is 0 Å². The molecule has 126 valence electrons. The SMILES string of the molecule is CC1(C(N)=O)CCN(C(=O)c2cc(C(F)(F)F)nn2C2CC2)C1. The second kappa shape index (κ2) is 4.97. The Kier molecular flexibility index (Phi) is 3.42. The predicted molar refractivity (Wildman–Crippen MR) is 73.3 cm³/mol. The maximum Gasteiger partial charge on any atom is 0.435 e. The van der Waals surface area contributed by atoms with Gasteiger partial charge in [-0.2, -0.15) is 18.3 Å². The molecule has 1 aromatic rings. The molecule has 1 saturated heterocycles. The molecule has 1 atom stereocenters. The maximum atomic E-state index is 12.9. The summed E-state index contributed by atoms with van der Waals surface area (Å²) in [5, 5.41) is 3.56. The summed E-state index contributed by atoms with van der Waals surface area (Å²) in [4.78, 5) is 25.4. The molecule has 6 nitrogen and oxygen atoms in total. The largest absolute Gasteiger partial charge is 0.435 e. The van der Waals surface area contributed by atoms with Crippen LogP contribution in [-0.2, 0) is 11.0 Å². The molecule has 0 aromatic carbocycles. The Bertz CT molecular complexity index is 665. The van der Waals surface area contributed by atoms with Gasteiger partial charge in [0, 0.05) is 19.2 Å². The van der Waals surface area contributed by atoms with Crippen molar-refractivity contribution in [2.75, 3.05) is 13.1 Å². The number of nitrogens with zero attached hydrogens (tertiary/aromatic N) is 3. The van der Waals surface area contributed by atoms with E-state index in [4.69, 9.17) is 5.73 Å². The number of nitrogens with two attached hydrogens (primary N) is 1. The van der Waals surface area contributed by atoms with E-state index >= 15 is 0 Å². The Hall–Kier alpha value is -2.06. The van der Waals surface area contributed by atoms with E-state index in [1.54, 1.807) is 6.92 Å². The van der Waals surface area contributed by atoms with E-state index in [2.05, 4.69) is 5.10 Å². The number of alkyl halides is 3. The number of hydrogen-bond donors (Lipinski definition) is 1. The number of hydrogen-bond acceptors (Lipinski definition) is 3. The van der Waals surface area contributed by atoms with Crippen LogP contribution in [-0.4, -0.2) is 39.6 Å². The van der Waals surface area contributed by atoms with Crippen LogP contribution in [0.25, 0.3) is 0 Å². The smallest absolute Gasteiger partial charge is 0.369 e. The van der Waals surface area contributed by atoms with Crippen LogP contribution in [0.5, 0.6) is 0 Å². The highest BCUT2D eigenvalue weighted by atomic mass is 19.4. The fourth-order valence-electron chi connectivity index (χ4n) is 2.79. The quantitative estimate of drug-likeness (QED) is 0.913. The molecule has 1 aliphatic carbocycles. The number of primary amides is 1. The Balaban J connectivity index is 1.88. The van der Waals surface area contributed by atoms with Gasteiger partial charge in [0.05, 0.1) is 11.5 Å². The third kappa shape index (κ3) is 2.79. The summed E-state index contributed by atoms with van der Waals surface area (Å²) in [5.41, 5.74) is 3.36. The highest BCUT2D eigenvalue weighted by Gasteiger charge is 2.43. The van der Waals surface area contributed by atoms with Gasteiger partial charge in [-0.25, -0.2) is 0 Å². The van der Waals surface area contributed by atoms with Gasteiger partial charge in [-0.1, -0.05) is 0 Å². The second-order valence-electron chi connectivity index (χ2n) is 6.49. The molecule has 23 heavy (non-hydrogen) atoms. The molecule has 2 fully saturated rings. The zero-order valence-electron chi connectivity index (χ0n) is 12.6. The number of likely N-dealkylation sites (tertiary alicyclic amines) is 1.